The van der Waals surface area contributed by atoms with Gasteiger partial charge in [-0.2, -0.15) is 4.98 Å². The highest BCUT2D eigenvalue weighted by Gasteiger charge is 2.26. The minimum absolute atomic E-state index is 0.323. The Morgan fingerprint density at radius 3 is 3.12 bits per heavy atom. The van der Waals surface area contributed by atoms with Crippen LogP contribution in [0, 0.1) is 12.8 Å². The first-order valence-corrected chi connectivity index (χ1v) is 8.33. The SMILES string of the molecule is CCOC(=O)c1cccnc1N1CCC[C@@H](Cc2noc(C)n2)C1. The van der Waals surface area contributed by atoms with Crippen LogP contribution >= 0.6 is 0 Å². The van der Waals surface area contributed by atoms with Crippen LogP contribution in [0.1, 0.15) is 41.8 Å². The molecule has 7 nitrogen and oxygen atoms in total. The van der Waals surface area contributed by atoms with Gasteiger partial charge < -0.3 is 14.2 Å². The summed E-state index contributed by atoms with van der Waals surface area (Å²) in [5.41, 5.74) is 0.524. The van der Waals surface area contributed by atoms with Crippen molar-refractivity contribution in [2.45, 2.75) is 33.1 Å². The maximum absolute atomic E-state index is 12.2. The lowest BCUT2D eigenvalue weighted by molar-refractivity contribution is 0.0526. The lowest BCUT2D eigenvalue weighted by Crippen LogP contribution is -2.38. The third-order valence-electron chi connectivity index (χ3n) is 4.14. The van der Waals surface area contributed by atoms with Gasteiger partial charge in [0.25, 0.3) is 0 Å². The lowest BCUT2D eigenvalue weighted by atomic mass is 9.94. The van der Waals surface area contributed by atoms with Gasteiger partial charge in [-0.1, -0.05) is 5.16 Å². The zero-order valence-electron chi connectivity index (χ0n) is 14.1. The Bertz CT molecular complexity index is 701. The molecule has 2 aromatic heterocycles. The first kappa shape index (κ1) is 16.4. The summed E-state index contributed by atoms with van der Waals surface area (Å²) >= 11 is 0. The second-order valence-corrected chi connectivity index (χ2v) is 5.98. The van der Waals surface area contributed by atoms with E-state index < -0.39 is 0 Å². The minimum atomic E-state index is -0.323. The molecule has 0 aromatic carbocycles. The molecular formula is C17H22N4O3. The molecule has 0 unspecified atom stereocenters. The van der Waals surface area contributed by atoms with Gasteiger partial charge in [0.05, 0.1) is 6.61 Å². The number of hydrogen-bond acceptors (Lipinski definition) is 7. The summed E-state index contributed by atoms with van der Waals surface area (Å²) in [4.78, 5) is 23.0. The van der Waals surface area contributed by atoms with Crippen molar-refractivity contribution in [3.05, 3.63) is 35.6 Å². The van der Waals surface area contributed by atoms with Gasteiger partial charge in [0.1, 0.15) is 11.4 Å². The molecule has 0 bridgehead atoms. The zero-order valence-corrected chi connectivity index (χ0v) is 14.1. The van der Waals surface area contributed by atoms with E-state index in [-0.39, 0.29) is 5.97 Å². The normalized spacial score (nSPS) is 17.8. The second kappa shape index (κ2) is 7.42. The summed E-state index contributed by atoms with van der Waals surface area (Å²) in [5.74, 6) is 2.12. The molecule has 1 fully saturated rings. The molecule has 0 amide bonds. The van der Waals surface area contributed by atoms with Crippen LogP contribution in [0.3, 0.4) is 0 Å². The van der Waals surface area contributed by atoms with Gasteiger partial charge in [0.15, 0.2) is 5.82 Å². The van der Waals surface area contributed by atoms with E-state index >= 15 is 0 Å². The first-order chi connectivity index (χ1) is 11.7. The number of rotatable bonds is 5. The van der Waals surface area contributed by atoms with E-state index in [2.05, 4.69) is 20.0 Å². The van der Waals surface area contributed by atoms with E-state index in [1.54, 1.807) is 32.2 Å². The molecule has 24 heavy (non-hydrogen) atoms. The van der Waals surface area contributed by atoms with Crippen LogP contribution in [0.2, 0.25) is 0 Å². The Morgan fingerprint density at radius 1 is 1.50 bits per heavy atom. The van der Waals surface area contributed by atoms with Crippen LogP contribution in [-0.4, -0.2) is 40.8 Å². The van der Waals surface area contributed by atoms with Gasteiger partial charge in [0.2, 0.25) is 5.89 Å². The molecule has 0 aliphatic carbocycles. The fourth-order valence-corrected chi connectivity index (χ4v) is 3.12. The van der Waals surface area contributed by atoms with Crippen LogP contribution in [0.15, 0.2) is 22.9 Å². The number of aromatic nitrogens is 3. The Kier molecular flexibility index (Phi) is 5.08. The maximum Gasteiger partial charge on any atom is 0.341 e. The van der Waals surface area contributed by atoms with E-state index in [4.69, 9.17) is 9.26 Å². The van der Waals surface area contributed by atoms with Crippen LogP contribution in [-0.2, 0) is 11.2 Å². The molecule has 0 saturated carbocycles. The minimum Gasteiger partial charge on any atom is -0.462 e. The number of esters is 1. The summed E-state index contributed by atoms with van der Waals surface area (Å²) in [5, 5.41) is 3.98. The van der Waals surface area contributed by atoms with Gasteiger partial charge >= 0.3 is 5.97 Å². The molecule has 0 radical (unpaired) electrons. The predicted octanol–water partition coefficient (Wildman–Crippen LogP) is 2.41. The summed E-state index contributed by atoms with van der Waals surface area (Å²) in [7, 11) is 0. The summed E-state index contributed by atoms with van der Waals surface area (Å²) in [6.07, 6.45) is 4.63. The van der Waals surface area contributed by atoms with E-state index in [0.29, 0.717) is 29.8 Å². The topological polar surface area (TPSA) is 81.4 Å². The molecule has 1 aliphatic heterocycles. The standard InChI is InChI=1S/C17H22N4O3/c1-3-23-17(22)14-7-4-8-18-16(14)21-9-5-6-13(11-21)10-15-19-12(2)24-20-15/h4,7-8,13H,3,5-6,9-11H2,1-2H3/t13-/m0/s1. The van der Waals surface area contributed by atoms with Crippen LogP contribution in [0.5, 0.6) is 0 Å². The summed E-state index contributed by atoms with van der Waals surface area (Å²) < 4.78 is 10.2. The van der Waals surface area contributed by atoms with Gasteiger partial charge in [-0.25, -0.2) is 9.78 Å². The van der Waals surface area contributed by atoms with Gasteiger partial charge in [0, 0.05) is 32.6 Å². The van der Waals surface area contributed by atoms with Crippen molar-refractivity contribution in [1.29, 1.82) is 0 Å². The molecule has 0 N–H and O–H groups in total. The monoisotopic (exact) mass is 330 g/mol. The molecule has 3 rings (SSSR count). The fraction of sp³-hybridized carbons (Fsp3) is 0.529. The van der Waals surface area contributed by atoms with Gasteiger partial charge in [-0.3, -0.25) is 0 Å². The molecule has 2 aromatic rings. The Balaban J connectivity index is 1.74. The van der Waals surface area contributed by atoms with E-state index in [1.165, 1.54) is 0 Å². The number of carbonyl (C=O) groups is 1. The van der Waals surface area contributed by atoms with E-state index in [1.807, 2.05) is 0 Å². The average molecular weight is 330 g/mol. The number of aryl methyl sites for hydroxylation is 1. The average Bonchev–Trinajstić information content (AvgIpc) is 3.00. The van der Waals surface area contributed by atoms with Crippen molar-refractivity contribution in [1.82, 2.24) is 15.1 Å². The lowest BCUT2D eigenvalue weighted by Gasteiger charge is -2.33. The zero-order chi connectivity index (χ0) is 16.9. The number of hydrogen-bond donors (Lipinski definition) is 0. The van der Waals surface area contributed by atoms with Crippen molar-refractivity contribution in [3.63, 3.8) is 0 Å². The molecule has 1 atom stereocenters. The Morgan fingerprint density at radius 2 is 2.38 bits per heavy atom. The molecule has 0 spiro atoms. The number of anilines is 1. The molecule has 128 valence electrons. The highest BCUT2D eigenvalue weighted by Crippen LogP contribution is 2.26. The predicted molar refractivity (Wildman–Crippen MR) is 87.9 cm³/mol. The Hall–Kier alpha value is -2.44. The second-order valence-electron chi connectivity index (χ2n) is 5.98. The van der Waals surface area contributed by atoms with Crippen molar-refractivity contribution < 1.29 is 14.1 Å². The van der Waals surface area contributed by atoms with Crippen molar-refractivity contribution in [3.8, 4) is 0 Å². The van der Waals surface area contributed by atoms with Gasteiger partial charge in [-0.05, 0) is 37.8 Å². The Labute approximate surface area is 141 Å². The number of piperidine rings is 1. The van der Waals surface area contributed by atoms with Crippen molar-refractivity contribution in [2.24, 2.45) is 5.92 Å². The molecule has 1 saturated heterocycles. The van der Waals surface area contributed by atoms with E-state index in [0.717, 1.165) is 38.2 Å². The highest BCUT2D eigenvalue weighted by atomic mass is 16.5. The molecule has 7 heteroatoms. The number of carbonyl (C=O) groups excluding carboxylic acids is 1. The molecule has 3 heterocycles. The number of pyridine rings is 1. The first-order valence-electron chi connectivity index (χ1n) is 8.33. The quantitative estimate of drug-likeness (QED) is 0.779. The third kappa shape index (κ3) is 3.72. The molecular weight excluding hydrogens is 308 g/mol. The van der Waals surface area contributed by atoms with Crippen LogP contribution in [0.4, 0.5) is 5.82 Å². The van der Waals surface area contributed by atoms with Crippen LogP contribution in [0.25, 0.3) is 0 Å². The number of nitrogens with zero attached hydrogens (tertiary/aromatic N) is 4. The fourth-order valence-electron chi connectivity index (χ4n) is 3.12. The maximum atomic E-state index is 12.2. The molecule has 1 aliphatic rings. The largest absolute Gasteiger partial charge is 0.462 e. The number of ether oxygens (including phenoxy) is 1. The van der Waals surface area contributed by atoms with Crippen molar-refractivity contribution in [2.75, 3.05) is 24.6 Å². The smallest absolute Gasteiger partial charge is 0.341 e. The highest BCUT2D eigenvalue weighted by molar-refractivity contribution is 5.94. The third-order valence-corrected chi connectivity index (χ3v) is 4.14. The van der Waals surface area contributed by atoms with E-state index in [9.17, 15) is 4.79 Å². The summed E-state index contributed by atoms with van der Waals surface area (Å²) in [6, 6.07) is 3.53. The van der Waals surface area contributed by atoms with Gasteiger partial charge in [-0.15, -0.1) is 0 Å². The summed E-state index contributed by atoms with van der Waals surface area (Å²) in [6.45, 7) is 5.65. The van der Waals surface area contributed by atoms with Crippen LogP contribution < -0.4 is 4.90 Å². The van der Waals surface area contributed by atoms with Crippen molar-refractivity contribution >= 4 is 11.8 Å².